The van der Waals surface area contributed by atoms with Crippen LogP contribution in [0.3, 0.4) is 0 Å². The summed E-state index contributed by atoms with van der Waals surface area (Å²) in [5.74, 6) is -1.38. The van der Waals surface area contributed by atoms with E-state index in [9.17, 15) is 13.2 Å². The lowest BCUT2D eigenvalue weighted by Gasteiger charge is -2.25. The van der Waals surface area contributed by atoms with Crippen LogP contribution in [0.15, 0.2) is 0 Å². The molecule has 1 N–H and O–H groups in total. The normalized spacial score (nSPS) is 21.8. The summed E-state index contributed by atoms with van der Waals surface area (Å²) >= 11 is 0. The third-order valence-electron chi connectivity index (χ3n) is 2.78. The van der Waals surface area contributed by atoms with Gasteiger partial charge in [-0.2, -0.15) is 0 Å². The molecule has 1 fully saturated rings. The second-order valence-electron chi connectivity index (χ2n) is 3.99. The molecule has 82 valence electrons. The van der Waals surface area contributed by atoms with Crippen LogP contribution in [0, 0.1) is 5.92 Å². The second kappa shape index (κ2) is 4.29. The fourth-order valence-electron chi connectivity index (χ4n) is 2.17. The van der Waals surface area contributed by atoms with Gasteiger partial charge in [-0.25, -0.2) is 8.42 Å². The largest absolute Gasteiger partial charge is 0.480 e. The van der Waals surface area contributed by atoms with Crippen molar-refractivity contribution in [3.8, 4) is 0 Å². The SMILES string of the molecule is CS(=O)(=O)C(C(=O)O)C1CCCCC1. The maximum atomic E-state index is 11.3. The zero-order valence-corrected chi connectivity index (χ0v) is 9.09. The van der Waals surface area contributed by atoms with E-state index in [4.69, 9.17) is 5.11 Å². The van der Waals surface area contributed by atoms with Gasteiger partial charge in [0.15, 0.2) is 15.1 Å². The average Bonchev–Trinajstić information content (AvgIpc) is 2.02. The minimum Gasteiger partial charge on any atom is -0.480 e. The van der Waals surface area contributed by atoms with E-state index < -0.39 is 21.1 Å². The Balaban J connectivity index is 2.82. The Labute approximate surface area is 84.2 Å². The number of hydrogen-bond donors (Lipinski definition) is 1. The van der Waals surface area contributed by atoms with Gasteiger partial charge in [0.05, 0.1) is 0 Å². The van der Waals surface area contributed by atoms with Crippen LogP contribution in [0.25, 0.3) is 0 Å². The Bertz CT molecular complexity index is 301. The first-order chi connectivity index (χ1) is 6.43. The van der Waals surface area contributed by atoms with Gasteiger partial charge < -0.3 is 5.11 Å². The van der Waals surface area contributed by atoms with Crippen LogP contribution >= 0.6 is 0 Å². The van der Waals surface area contributed by atoms with Crippen molar-refractivity contribution in [3.05, 3.63) is 0 Å². The first kappa shape index (κ1) is 11.5. The van der Waals surface area contributed by atoms with Crippen LogP contribution in [0.4, 0.5) is 0 Å². The van der Waals surface area contributed by atoms with Crippen molar-refractivity contribution in [3.63, 3.8) is 0 Å². The highest BCUT2D eigenvalue weighted by atomic mass is 32.2. The predicted octanol–water partition coefficient (Wildman–Crippen LogP) is 1.06. The molecule has 1 atom stereocenters. The average molecular weight is 220 g/mol. The van der Waals surface area contributed by atoms with Gasteiger partial charge in [0.2, 0.25) is 0 Å². The van der Waals surface area contributed by atoms with Gasteiger partial charge >= 0.3 is 5.97 Å². The third-order valence-corrected chi connectivity index (χ3v) is 4.29. The van der Waals surface area contributed by atoms with E-state index >= 15 is 0 Å². The van der Waals surface area contributed by atoms with Gasteiger partial charge in [0, 0.05) is 6.26 Å². The molecule has 0 aliphatic heterocycles. The standard InChI is InChI=1S/C9H16O4S/c1-14(12,13)8(9(10)11)7-5-3-2-4-6-7/h7-8H,2-6H2,1H3,(H,10,11). The molecule has 0 bridgehead atoms. The predicted molar refractivity (Wildman–Crippen MR) is 52.8 cm³/mol. The molecule has 1 saturated carbocycles. The lowest BCUT2D eigenvalue weighted by atomic mass is 9.87. The molecule has 0 radical (unpaired) electrons. The highest BCUT2D eigenvalue weighted by molar-refractivity contribution is 7.92. The summed E-state index contributed by atoms with van der Waals surface area (Å²) in [4.78, 5) is 10.9. The van der Waals surface area contributed by atoms with Crippen LogP contribution in [-0.4, -0.2) is 31.0 Å². The van der Waals surface area contributed by atoms with Gasteiger partial charge in [0.25, 0.3) is 0 Å². The monoisotopic (exact) mass is 220 g/mol. The second-order valence-corrected chi connectivity index (χ2v) is 6.15. The summed E-state index contributed by atoms with van der Waals surface area (Å²) in [7, 11) is -3.46. The molecule has 1 unspecified atom stereocenters. The molecule has 5 heteroatoms. The summed E-state index contributed by atoms with van der Waals surface area (Å²) < 4.78 is 22.6. The summed E-state index contributed by atoms with van der Waals surface area (Å²) in [6.45, 7) is 0. The Morgan fingerprint density at radius 2 is 1.79 bits per heavy atom. The van der Waals surface area contributed by atoms with Gasteiger partial charge in [0.1, 0.15) is 0 Å². The van der Waals surface area contributed by atoms with Crippen molar-refractivity contribution < 1.29 is 18.3 Å². The fraction of sp³-hybridized carbons (Fsp3) is 0.889. The minimum absolute atomic E-state index is 0.184. The minimum atomic E-state index is -3.46. The van der Waals surface area contributed by atoms with Gasteiger partial charge in [-0.1, -0.05) is 19.3 Å². The molecule has 0 spiro atoms. The van der Waals surface area contributed by atoms with Gasteiger partial charge in [-0.05, 0) is 18.8 Å². The Hall–Kier alpha value is -0.580. The van der Waals surface area contributed by atoms with Crippen molar-refractivity contribution in [1.82, 2.24) is 0 Å². The Morgan fingerprint density at radius 3 is 2.14 bits per heavy atom. The number of carboxylic acids is 1. The summed E-state index contributed by atoms with van der Waals surface area (Å²) in [5.41, 5.74) is 0. The lowest BCUT2D eigenvalue weighted by Crippen LogP contribution is -2.37. The lowest BCUT2D eigenvalue weighted by molar-refractivity contribution is -0.137. The van der Waals surface area contributed by atoms with E-state index in [0.717, 1.165) is 38.4 Å². The highest BCUT2D eigenvalue weighted by Crippen LogP contribution is 2.29. The summed E-state index contributed by atoms with van der Waals surface area (Å²) in [6.07, 6.45) is 5.45. The number of carboxylic acid groups (broad SMARTS) is 1. The first-order valence-corrected chi connectivity index (χ1v) is 6.80. The van der Waals surface area contributed by atoms with Crippen LogP contribution in [0.2, 0.25) is 0 Å². The van der Waals surface area contributed by atoms with E-state index in [1.54, 1.807) is 0 Å². The molecule has 0 aromatic carbocycles. The van der Waals surface area contributed by atoms with Crippen LogP contribution in [0.5, 0.6) is 0 Å². The Morgan fingerprint density at radius 1 is 1.29 bits per heavy atom. The Kier molecular flexibility index (Phi) is 3.53. The quantitative estimate of drug-likeness (QED) is 0.772. The molecular formula is C9H16O4S. The maximum Gasteiger partial charge on any atom is 0.322 e. The number of sulfone groups is 1. The summed E-state index contributed by atoms with van der Waals surface area (Å²) in [5, 5.41) is 7.69. The molecule has 1 aliphatic rings. The highest BCUT2D eigenvalue weighted by Gasteiger charge is 2.37. The van der Waals surface area contributed by atoms with Crippen LogP contribution in [-0.2, 0) is 14.6 Å². The third kappa shape index (κ3) is 2.70. The first-order valence-electron chi connectivity index (χ1n) is 4.84. The van der Waals surface area contributed by atoms with Gasteiger partial charge in [-0.15, -0.1) is 0 Å². The molecule has 0 amide bonds. The fourth-order valence-corrected chi connectivity index (χ4v) is 3.51. The van der Waals surface area contributed by atoms with E-state index in [1.807, 2.05) is 0 Å². The molecule has 0 saturated heterocycles. The van der Waals surface area contributed by atoms with E-state index in [-0.39, 0.29) is 5.92 Å². The number of aliphatic carboxylic acids is 1. The number of hydrogen-bond acceptors (Lipinski definition) is 3. The van der Waals surface area contributed by atoms with Crippen molar-refractivity contribution in [2.24, 2.45) is 5.92 Å². The van der Waals surface area contributed by atoms with E-state index in [2.05, 4.69) is 0 Å². The molecule has 1 rings (SSSR count). The topological polar surface area (TPSA) is 71.4 Å². The summed E-state index contributed by atoms with van der Waals surface area (Å²) in [6, 6.07) is 0. The van der Waals surface area contributed by atoms with E-state index in [0.29, 0.717) is 0 Å². The molecule has 0 aromatic rings. The smallest absolute Gasteiger partial charge is 0.322 e. The molecule has 4 nitrogen and oxygen atoms in total. The maximum absolute atomic E-state index is 11.3. The zero-order chi connectivity index (χ0) is 10.8. The number of carbonyl (C=O) groups is 1. The molecule has 1 aliphatic carbocycles. The van der Waals surface area contributed by atoms with Crippen molar-refractivity contribution in [2.45, 2.75) is 37.4 Å². The number of rotatable bonds is 3. The van der Waals surface area contributed by atoms with Crippen LogP contribution < -0.4 is 0 Å². The molecule has 0 aromatic heterocycles. The zero-order valence-electron chi connectivity index (χ0n) is 8.27. The van der Waals surface area contributed by atoms with E-state index in [1.165, 1.54) is 0 Å². The van der Waals surface area contributed by atoms with Crippen molar-refractivity contribution >= 4 is 15.8 Å². The van der Waals surface area contributed by atoms with Gasteiger partial charge in [-0.3, -0.25) is 4.79 Å². The van der Waals surface area contributed by atoms with Crippen molar-refractivity contribution in [2.75, 3.05) is 6.26 Å². The molecular weight excluding hydrogens is 204 g/mol. The van der Waals surface area contributed by atoms with Crippen LogP contribution in [0.1, 0.15) is 32.1 Å². The molecule has 14 heavy (non-hydrogen) atoms. The van der Waals surface area contributed by atoms with Crippen molar-refractivity contribution in [1.29, 1.82) is 0 Å². The molecule has 0 heterocycles.